The van der Waals surface area contributed by atoms with E-state index in [9.17, 15) is 8.78 Å². The average Bonchev–Trinajstić information content (AvgIpc) is 2.37. The summed E-state index contributed by atoms with van der Waals surface area (Å²) < 4.78 is 26.6. The van der Waals surface area contributed by atoms with Crippen LogP contribution >= 0.6 is 0 Å². The molecule has 0 fully saturated rings. The van der Waals surface area contributed by atoms with Crippen LogP contribution in [-0.4, -0.2) is 57.6 Å². The quantitative estimate of drug-likeness (QED) is 0.756. The maximum absolute atomic E-state index is 13.3. The molecule has 0 amide bonds. The van der Waals surface area contributed by atoms with Gasteiger partial charge in [0, 0.05) is 12.1 Å². The van der Waals surface area contributed by atoms with Crippen LogP contribution in [-0.2, 0) is 0 Å². The lowest BCUT2D eigenvalue weighted by atomic mass is 10.0. The number of halogens is 2. The molecule has 0 aromatic heterocycles. The van der Waals surface area contributed by atoms with E-state index < -0.39 is 11.6 Å². The van der Waals surface area contributed by atoms with Crippen LogP contribution in [0.1, 0.15) is 24.4 Å². The van der Waals surface area contributed by atoms with Crippen LogP contribution in [0, 0.1) is 11.6 Å². The fourth-order valence-corrected chi connectivity index (χ4v) is 2.37. The van der Waals surface area contributed by atoms with Gasteiger partial charge in [-0.1, -0.05) is 0 Å². The Morgan fingerprint density at radius 3 is 2.14 bits per heavy atom. The monoisotopic (exact) mass is 299 g/mol. The van der Waals surface area contributed by atoms with Crippen LogP contribution in [0.5, 0.6) is 0 Å². The van der Waals surface area contributed by atoms with Crippen molar-refractivity contribution < 1.29 is 8.78 Å². The van der Waals surface area contributed by atoms with Crippen LogP contribution in [0.2, 0.25) is 0 Å². The molecular formula is C16H27F2N3. The SMILES string of the molecule is CNC(CCN(C)CCCN(C)C)c1cc(F)cc(F)c1. The maximum Gasteiger partial charge on any atom is 0.126 e. The zero-order valence-corrected chi connectivity index (χ0v) is 13.5. The molecule has 0 bridgehead atoms. The average molecular weight is 299 g/mol. The zero-order valence-electron chi connectivity index (χ0n) is 13.5. The van der Waals surface area contributed by atoms with Gasteiger partial charge in [-0.15, -0.1) is 0 Å². The first-order valence-electron chi connectivity index (χ1n) is 7.39. The Morgan fingerprint density at radius 1 is 1.00 bits per heavy atom. The third kappa shape index (κ3) is 6.98. The summed E-state index contributed by atoms with van der Waals surface area (Å²) in [6, 6.07) is 3.67. The molecular weight excluding hydrogens is 272 g/mol. The van der Waals surface area contributed by atoms with Gasteiger partial charge >= 0.3 is 0 Å². The lowest BCUT2D eigenvalue weighted by Crippen LogP contribution is -2.28. The fourth-order valence-electron chi connectivity index (χ4n) is 2.37. The van der Waals surface area contributed by atoms with Gasteiger partial charge in [-0.05, 0) is 78.4 Å². The van der Waals surface area contributed by atoms with Crippen molar-refractivity contribution >= 4 is 0 Å². The first-order chi connectivity index (χ1) is 9.92. The molecule has 5 heteroatoms. The molecule has 0 heterocycles. The van der Waals surface area contributed by atoms with Gasteiger partial charge in [0.15, 0.2) is 0 Å². The van der Waals surface area contributed by atoms with E-state index in [1.54, 1.807) is 0 Å². The fraction of sp³-hybridized carbons (Fsp3) is 0.625. The van der Waals surface area contributed by atoms with E-state index in [2.05, 4.69) is 36.3 Å². The number of nitrogens with zero attached hydrogens (tertiary/aromatic N) is 2. The Hall–Kier alpha value is -1.04. The van der Waals surface area contributed by atoms with Gasteiger partial charge in [-0.3, -0.25) is 0 Å². The third-order valence-electron chi connectivity index (χ3n) is 3.58. The Kier molecular flexibility index (Phi) is 7.78. The van der Waals surface area contributed by atoms with E-state index in [4.69, 9.17) is 0 Å². The van der Waals surface area contributed by atoms with Gasteiger partial charge in [0.1, 0.15) is 11.6 Å². The van der Waals surface area contributed by atoms with Crippen molar-refractivity contribution in [1.82, 2.24) is 15.1 Å². The van der Waals surface area contributed by atoms with Crippen LogP contribution in [0.4, 0.5) is 8.78 Å². The van der Waals surface area contributed by atoms with Crippen LogP contribution in [0.3, 0.4) is 0 Å². The van der Waals surface area contributed by atoms with E-state index in [1.807, 2.05) is 7.05 Å². The van der Waals surface area contributed by atoms with E-state index >= 15 is 0 Å². The maximum atomic E-state index is 13.3. The van der Waals surface area contributed by atoms with Crippen molar-refractivity contribution in [2.24, 2.45) is 0 Å². The van der Waals surface area contributed by atoms with Gasteiger partial charge in [-0.2, -0.15) is 0 Å². The molecule has 1 aromatic carbocycles. The number of rotatable bonds is 9. The molecule has 1 N–H and O–H groups in total. The topological polar surface area (TPSA) is 18.5 Å². The Bertz CT molecular complexity index is 404. The van der Waals surface area contributed by atoms with Crippen LogP contribution < -0.4 is 5.32 Å². The molecule has 0 aliphatic rings. The lowest BCUT2D eigenvalue weighted by molar-refractivity contribution is 0.286. The van der Waals surface area contributed by atoms with E-state index in [-0.39, 0.29) is 6.04 Å². The molecule has 0 saturated carbocycles. The van der Waals surface area contributed by atoms with Gasteiger partial charge in [-0.25, -0.2) is 8.78 Å². The van der Waals surface area contributed by atoms with E-state index in [0.29, 0.717) is 5.56 Å². The summed E-state index contributed by atoms with van der Waals surface area (Å²) in [7, 11) is 8.03. The lowest BCUT2D eigenvalue weighted by Gasteiger charge is -2.22. The first-order valence-corrected chi connectivity index (χ1v) is 7.39. The standard InChI is InChI=1S/C16H27F2N3/c1-19-16(13-10-14(17)12-15(18)11-13)6-9-21(4)8-5-7-20(2)3/h10-12,16,19H,5-9H2,1-4H3. The van der Waals surface area contributed by atoms with Gasteiger partial charge in [0.05, 0.1) is 0 Å². The van der Waals surface area contributed by atoms with Crippen molar-refractivity contribution in [1.29, 1.82) is 0 Å². The second-order valence-corrected chi connectivity index (χ2v) is 5.79. The van der Waals surface area contributed by atoms with Gasteiger partial charge in [0.2, 0.25) is 0 Å². The number of benzene rings is 1. The second kappa shape index (κ2) is 9.07. The summed E-state index contributed by atoms with van der Waals surface area (Å²) >= 11 is 0. The van der Waals surface area contributed by atoms with Crippen LogP contribution in [0.25, 0.3) is 0 Å². The predicted octanol–water partition coefficient (Wildman–Crippen LogP) is 2.50. The molecule has 0 saturated heterocycles. The molecule has 1 rings (SSSR count). The molecule has 1 unspecified atom stereocenters. The summed E-state index contributed by atoms with van der Waals surface area (Å²) in [5, 5.41) is 3.13. The minimum atomic E-state index is -0.524. The third-order valence-corrected chi connectivity index (χ3v) is 3.58. The number of hydrogen-bond donors (Lipinski definition) is 1. The van der Waals surface area contributed by atoms with Crippen molar-refractivity contribution in [3.05, 3.63) is 35.4 Å². The first kappa shape index (κ1) is 18.0. The summed E-state index contributed by atoms with van der Waals surface area (Å²) in [6.07, 6.45) is 1.93. The highest BCUT2D eigenvalue weighted by Gasteiger charge is 2.12. The van der Waals surface area contributed by atoms with E-state index in [0.717, 1.165) is 38.5 Å². The molecule has 0 aliphatic heterocycles. The Morgan fingerprint density at radius 2 is 1.62 bits per heavy atom. The van der Waals surface area contributed by atoms with E-state index in [1.165, 1.54) is 12.1 Å². The highest BCUT2D eigenvalue weighted by atomic mass is 19.1. The van der Waals surface area contributed by atoms with Crippen molar-refractivity contribution in [2.45, 2.75) is 18.9 Å². The van der Waals surface area contributed by atoms with Crippen molar-refractivity contribution in [3.8, 4) is 0 Å². The molecule has 0 aliphatic carbocycles. The van der Waals surface area contributed by atoms with Crippen molar-refractivity contribution in [3.63, 3.8) is 0 Å². The minimum Gasteiger partial charge on any atom is -0.313 e. The van der Waals surface area contributed by atoms with Gasteiger partial charge in [0.25, 0.3) is 0 Å². The zero-order chi connectivity index (χ0) is 15.8. The summed E-state index contributed by atoms with van der Waals surface area (Å²) in [4.78, 5) is 4.42. The Labute approximate surface area is 126 Å². The predicted molar refractivity (Wildman–Crippen MR) is 83.4 cm³/mol. The number of nitrogens with one attached hydrogen (secondary N) is 1. The molecule has 0 radical (unpaired) electrons. The normalized spacial score (nSPS) is 13.1. The highest BCUT2D eigenvalue weighted by Crippen LogP contribution is 2.19. The summed E-state index contributed by atoms with van der Waals surface area (Å²) in [6.45, 7) is 2.97. The van der Waals surface area contributed by atoms with Crippen molar-refractivity contribution in [2.75, 3.05) is 47.8 Å². The summed E-state index contributed by atoms with van der Waals surface area (Å²) in [5.74, 6) is -1.05. The largest absolute Gasteiger partial charge is 0.313 e. The minimum absolute atomic E-state index is 0.0356. The molecule has 1 aromatic rings. The number of hydrogen-bond acceptors (Lipinski definition) is 3. The second-order valence-electron chi connectivity index (χ2n) is 5.79. The molecule has 120 valence electrons. The molecule has 0 spiro atoms. The van der Waals surface area contributed by atoms with Crippen LogP contribution in [0.15, 0.2) is 18.2 Å². The highest BCUT2D eigenvalue weighted by molar-refractivity contribution is 5.21. The Balaban J connectivity index is 2.47. The molecule has 1 atom stereocenters. The molecule has 3 nitrogen and oxygen atoms in total. The smallest absolute Gasteiger partial charge is 0.126 e. The molecule has 21 heavy (non-hydrogen) atoms. The van der Waals surface area contributed by atoms with Gasteiger partial charge < -0.3 is 15.1 Å². The summed E-state index contributed by atoms with van der Waals surface area (Å²) in [5.41, 5.74) is 0.664.